The van der Waals surface area contributed by atoms with Gasteiger partial charge in [-0.2, -0.15) is 0 Å². The topological polar surface area (TPSA) is 58.6 Å². The van der Waals surface area contributed by atoms with Crippen molar-refractivity contribution in [3.05, 3.63) is 0 Å². The minimum Gasteiger partial charge on any atom is -0.444 e. The maximum atomic E-state index is 11.5. The lowest BCUT2D eigenvalue weighted by molar-refractivity contribution is 0.0415. The second-order valence-corrected chi connectivity index (χ2v) is 5.46. The molecule has 4 nitrogen and oxygen atoms in total. The van der Waals surface area contributed by atoms with Crippen LogP contribution in [-0.2, 0) is 4.74 Å². The van der Waals surface area contributed by atoms with Crippen molar-refractivity contribution in [2.75, 3.05) is 0 Å². The van der Waals surface area contributed by atoms with Crippen LogP contribution in [0.1, 0.15) is 52.9 Å². The summed E-state index contributed by atoms with van der Waals surface area (Å²) in [7, 11) is 0. The second kappa shape index (κ2) is 5.53. The Balaban J connectivity index is 2.42. The summed E-state index contributed by atoms with van der Waals surface area (Å²) in [5.74, 6) is 0. The van der Waals surface area contributed by atoms with Crippen LogP contribution in [0.2, 0.25) is 0 Å². The highest BCUT2D eigenvalue weighted by atomic mass is 16.6. The summed E-state index contributed by atoms with van der Waals surface area (Å²) < 4.78 is 5.17. The molecule has 2 unspecified atom stereocenters. The summed E-state index contributed by atoms with van der Waals surface area (Å²) in [6.45, 7) is 5.49. The van der Waals surface area contributed by atoms with Crippen LogP contribution in [-0.4, -0.2) is 28.9 Å². The van der Waals surface area contributed by atoms with Gasteiger partial charge in [-0.05, 0) is 33.6 Å². The molecule has 1 aliphatic rings. The molecule has 2 atom stereocenters. The molecule has 0 heterocycles. The highest BCUT2D eigenvalue weighted by molar-refractivity contribution is 5.68. The molecule has 0 aromatic rings. The van der Waals surface area contributed by atoms with Crippen LogP contribution in [0.15, 0.2) is 0 Å². The van der Waals surface area contributed by atoms with E-state index in [9.17, 15) is 9.90 Å². The SMILES string of the molecule is CC(C)(C)OC(=O)NC1CCCCCC1O. The zero-order valence-corrected chi connectivity index (χ0v) is 10.5. The Kier molecular flexibility index (Phi) is 4.59. The van der Waals surface area contributed by atoms with E-state index in [2.05, 4.69) is 5.32 Å². The molecular weight excluding hydrogens is 206 g/mol. The van der Waals surface area contributed by atoms with E-state index in [0.29, 0.717) is 0 Å². The number of aliphatic hydroxyl groups excluding tert-OH is 1. The van der Waals surface area contributed by atoms with Gasteiger partial charge in [0.05, 0.1) is 12.1 Å². The molecule has 4 heteroatoms. The minimum absolute atomic E-state index is 0.155. The molecule has 0 bridgehead atoms. The Labute approximate surface area is 97.4 Å². The van der Waals surface area contributed by atoms with Crippen LogP contribution in [0.4, 0.5) is 4.79 Å². The Morgan fingerprint density at radius 3 is 2.50 bits per heavy atom. The number of rotatable bonds is 1. The quantitative estimate of drug-likeness (QED) is 0.678. The number of alkyl carbamates (subject to hydrolysis) is 1. The summed E-state index contributed by atoms with van der Waals surface area (Å²) in [5.41, 5.74) is -0.486. The summed E-state index contributed by atoms with van der Waals surface area (Å²) in [4.78, 5) is 11.5. The molecular formula is C12H23NO3. The van der Waals surface area contributed by atoms with Crippen LogP contribution >= 0.6 is 0 Å². The van der Waals surface area contributed by atoms with E-state index in [-0.39, 0.29) is 6.04 Å². The van der Waals surface area contributed by atoms with Crippen LogP contribution in [0.3, 0.4) is 0 Å². The Bertz CT molecular complexity index is 235. The van der Waals surface area contributed by atoms with Crippen LogP contribution in [0, 0.1) is 0 Å². The number of hydrogen-bond acceptors (Lipinski definition) is 3. The highest BCUT2D eigenvalue weighted by Gasteiger charge is 2.25. The molecule has 0 radical (unpaired) electrons. The lowest BCUT2D eigenvalue weighted by atomic mass is 10.1. The van der Waals surface area contributed by atoms with Gasteiger partial charge in [0.1, 0.15) is 5.60 Å². The predicted molar refractivity (Wildman–Crippen MR) is 62.2 cm³/mol. The van der Waals surface area contributed by atoms with Crippen LogP contribution in [0.25, 0.3) is 0 Å². The van der Waals surface area contributed by atoms with E-state index in [1.165, 1.54) is 0 Å². The largest absolute Gasteiger partial charge is 0.444 e. The fraction of sp³-hybridized carbons (Fsp3) is 0.917. The Morgan fingerprint density at radius 1 is 1.25 bits per heavy atom. The van der Waals surface area contributed by atoms with Crippen molar-refractivity contribution in [2.45, 2.75) is 70.6 Å². The zero-order chi connectivity index (χ0) is 12.2. The van der Waals surface area contributed by atoms with Gasteiger partial charge in [-0.15, -0.1) is 0 Å². The third-order valence-electron chi connectivity index (χ3n) is 2.68. The summed E-state index contributed by atoms with van der Waals surface area (Å²) in [6.07, 6.45) is 3.95. The van der Waals surface area contributed by atoms with E-state index in [1.807, 2.05) is 20.8 Å². The van der Waals surface area contributed by atoms with Gasteiger partial charge in [-0.1, -0.05) is 19.3 Å². The smallest absolute Gasteiger partial charge is 0.407 e. The molecule has 0 saturated heterocycles. The maximum Gasteiger partial charge on any atom is 0.407 e. The van der Waals surface area contributed by atoms with Crippen molar-refractivity contribution in [2.24, 2.45) is 0 Å². The first kappa shape index (κ1) is 13.3. The molecule has 16 heavy (non-hydrogen) atoms. The van der Waals surface area contributed by atoms with E-state index < -0.39 is 17.8 Å². The number of ether oxygens (including phenoxy) is 1. The highest BCUT2D eigenvalue weighted by Crippen LogP contribution is 2.18. The monoisotopic (exact) mass is 229 g/mol. The van der Waals surface area contributed by atoms with Crippen molar-refractivity contribution >= 4 is 6.09 Å². The second-order valence-electron chi connectivity index (χ2n) is 5.46. The number of aliphatic hydroxyl groups is 1. The predicted octanol–water partition coefficient (Wildman–Crippen LogP) is 2.20. The molecule has 1 rings (SSSR count). The van der Waals surface area contributed by atoms with E-state index in [4.69, 9.17) is 4.74 Å². The summed E-state index contributed by atoms with van der Waals surface area (Å²) in [5, 5.41) is 12.6. The van der Waals surface area contributed by atoms with Crippen molar-refractivity contribution in [1.82, 2.24) is 5.32 Å². The van der Waals surface area contributed by atoms with Crippen LogP contribution < -0.4 is 5.32 Å². The Morgan fingerprint density at radius 2 is 1.88 bits per heavy atom. The number of carbonyl (C=O) groups excluding carboxylic acids is 1. The third kappa shape index (κ3) is 4.84. The average Bonchev–Trinajstić information content (AvgIpc) is 2.29. The molecule has 94 valence electrons. The van der Waals surface area contributed by atoms with E-state index >= 15 is 0 Å². The lowest BCUT2D eigenvalue weighted by Gasteiger charge is -2.25. The first-order valence-corrected chi connectivity index (χ1v) is 6.06. The number of amides is 1. The van der Waals surface area contributed by atoms with Crippen molar-refractivity contribution in [3.63, 3.8) is 0 Å². The molecule has 1 amide bonds. The lowest BCUT2D eigenvalue weighted by Crippen LogP contribution is -2.44. The minimum atomic E-state index is -0.486. The standard InChI is InChI=1S/C12H23NO3/c1-12(2,3)16-11(15)13-9-7-5-4-6-8-10(9)14/h9-10,14H,4-8H2,1-3H3,(H,13,15). The molecule has 1 aliphatic carbocycles. The van der Waals surface area contributed by atoms with Gasteiger partial charge in [0, 0.05) is 0 Å². The molecule has 2 N–H and O–H groups in total. The molecule has 0 spiro atoms. The van der Waals surface area contributed by atoms with Crippen molar-refractivity contribution in [3.8, 4) is 0 Å². The fourth-order valence-electron chi connectivity index (χ4n) is 1.92. The van der Waals surface area contributed by atoms with Gasteiger partial charge in [-0.3, -0.25) is 0 Å². The van der Waals surface area contributed by atoms with Gasteiger partial charge in [-0.25, -0.2) is 4.79 Å². The van der Waals surface area contributed by atoms with Gasteiger partial charge < -0.3 is 15.2 Å². The zero-order valence-electron chi connectivity index (χ0n) is 10.5. The van der Waals surface area contributed by atoms with Crippen molar-refractivity contribution < 1.29 is 14.6 Å². The molecule has 1 saturated carbocycles. The number of nitrogens with one attached hydrogen (secondary N) is 1. The Hall–Kier alpha value is -0.770. The summed E-state index contributed by atoms with van der Waals surface area (Å²) >= 11 is 0. The van der Waals surface area contributed by atoms with Gasteiger partial charge in [0.2, 0.25) is 0 Å². The fourth-order valence-corrected chi connectivity index (χ4v) is 1.92. The average molecular weight is 229 g/mol. The van der Waals surface area contributed by atoms with Crippen LogP contribution in [0.5, 0.6) is 0 Å². The number of carbonyl (C=O) groups is 1. The van der Waals surface area contributed by atoms with Gasteiger partial charge >= 0.3 is 6.09 Å². The molecule has 0 aromatic carbocycles. The molecule has 1 fully saturated rings. The van der Waals surface area contributed by atoms with Gasteiger partial charge in [0.25, 0.3) is 0 Å². The van der Waals surface area contributed by atoms with E-state index in [0.717, 1.165) is 32.1 Å². The first-order chi connectivity index (χ1) is 7.38. The molecule has 0 aliphatic heterocycles. The third-order valence-corrected chi connectivity index (χ3v) is 2.68. The van der Waals surface area contributed by atoms with Gasteiger partial charge in [0.15, 0.2) is 0 Å². The maximum absolute atomic E-state index is 11.5. The normalized spacial score (nSPS) is 27.0. The van der Waals surface area contributed by atoms with Crippen molar-refractivity contribution in [1.29, 1.82) is 0 Å². The number of hydrogen-bond donors (Lipinski definition) is 2. The van der Waals surface area contributed by atoms with E-state index in [1.54, 1.807) is 0 Å². The summed E-state index contributed by atoms with van der Waals surface area (Å²) in [6, 6.07) is -0.155. The molecule has 0 aromatic heterocycles. The first-order valence-electron chi connectivity index (χ1n) is 6.06.